The molecular weight excluding hydrogens is 353 g/mol. The van der Waals surface area contributed by atoms with Crippen LogP contribution in [0, 0.1) is 12.7 Å². The number of benzene rings is 1. The fraction of sp³-hybridized carbons (Fsp3) is 0.421. The van der Waals surface area contributed by atoms with Gasteiger partial charge in [0.1, 0.15) is 5.82 Å². The maximum Gasteiger partial charge on any atom is 0.257 e. The lowest BCUT2D eigenvalue weighted by Gasteiger charge is -2.18. The lowest BCUT2D eigenvalue weighted by molar-refractivity contribution is -0.127. The molecule has 0 aliphatic heterocycles. The summed E-state index contributed by atoms with van der Waals surface area (Å²) >= 11 is 1.25. The van der Waals surface area contributed by atoms with Crippen LogP contribution >= 0.6 is 11.8 Å². The van der Waals surface area contributed by atoms with Crippen molar-refractivity contribution in [1.29, 1.82) is 0 Å². The van der Waals surface area contributed by atoms with Crippen molar-refractivity contribution in [2.45, 2.75) is 32.3 Å². The Bertz CT molecular complexity index is 847. The van der Waals surface area contributed by atoms with E-state index in [4.69, 9.17) is 0 Å². The second-order valence-corrected chi connectivity index (χ2v) is 6.89. The fourth-order valence-electron chi connectivity index (χ4n) is 2.69. The molecule has 0 atom stereocenters. The van der Waals surface area contributed by atoms with Gasteiger partial charge in [0, 0.05) is 37.8 Å². The van der Waals surface area contributed by atoms with E-state index in [-0.39, 0.29) is 29.5 Å². The molecule has 140 valence electrons. The van der Waals surface area contributed by atoms with Crippen LogP contribution in [0.25, 0.3) is 0 Å². The molecule has 2 aromatic rings. The van der Waals surface area contributed by atoms with Gasteiger partial charge in [-0.15, -0.1) is 0 Å². The standard InChI is InChI=1S/C19H24FN3O2S/c1-5-23(6-2)17(24)12-26-19-21-13(3)15(18(25)22(19)4)11-14-9-7-8-10-16(14)20/h7-10H,5-6,11-12H2,1-4H3. The summed E-state index contributed by atoms with van der Waals surface area (Å²) in [4.78, 5) is 31.1. The van der Waals surface area contributed by atoms with Crippen molar-refractivity contribution in [1.82, 2.24) is 14.5 Å². The van der Waals surface area contributed by atoms with Crippen LogP contribution < -0.4 is 5.56 Å². The van der Waals surface area contributed by atoms with Crippen molar-refractivity contribution in [3.8, 4) is 0 Å². The van der Waals surface area contributed by atoms with Crippen molar-refractivity contribution in [3.63, 3.8) is 0 Å². The molecule has 0 saturated heterocycles. The summed E-state index contributed by atoms with van der Waals surface area (Å²) in [6.45, 7) is 6.92. The smallest absolute Gasteiger partial charge is 0.257 e. The summed E-state index contributed by atoms with van der Waals surface area (Å²) in [6.07, 6.45) is 0.196. The minimum absolute atomic E-state index is 0.0161. The number of hydrogen-bond acceptors (Lipinski definition) is 4. The monoisotopic (exact) mass is 377 g/mol. The van der Waals surface area contributed by atoms with Crippen LogP contribution in [0.5, 0.6) is 0 Å². The van der Waals surface area contributed by atoms with E-state index in [0.717, 1.165) is 0 Å². The number of amides is 1. The zero-order chi connectivity index (χ0) is 19.3. The Morgan fingerprint density at radius 3 is 2.54 bits per heavy atom. The van der Waals surface area contributed by atoms with Gasteiger partial charge in [0.2, 0.25) is 5.91 Å². The van der Waals surface area contributed by atoms with E-state index < -0.39 is 0 Å². The quantitative estimate of drug-likeness (QED) is 0.550. The third-order valence-corrected chi connectivity index (χ3v) is 5.33. The van der Waals surface area contributed by atoms with Crippen LogP contribution in [-0.2, 0) is 18.3 Å². The molecule has 0 fully saturated rings. The summed E-state index contributed by atoms with van der Waals surface area (Å²) in [5.74, 6) is -0.0896. The summed E-state index contributed by atoms with van der Waals surface area (Å²) in [5.41, 5.74) is 1.29. The zero-order valence-corrected chi connectivity index (χ0v) is 16.4. The second-order valence-electron chi connectivity index (χ2n) is 5.95. The van der Waals surface area contributed by atoms with E-state index in [1.807, 2.05) is 13.8 Å². The molecule has 5 nitrogen and oxygen atoms in total. The molecule has 1 heterocycles. The van der Waals surface area contributed by atoms with Gasteiger partial charge in [-0.25, -0.2) is 9.37 Å². The van der Waals surface area contributed by atoms with E-state index in [1.165, 1.54) is 22.4 Å². The molecule has 0 aliphatic carbocycles. The van der Waals surface area contributed by atoms with Crippen LogP contribution in [0.15, 0.2) is 34.2 Å². The highest BCUT2D eigenvalue weighted by Gasteiger charge is 2.16. The zero-order valence-electron chi connectivity index (χ0n) is 15.6. The minimum Gasteiger partial charge on any atom is -0.343 e. The van der Waals surface area contributed by atoms with Gasteiger partial charge in [-0.05, 0) is 32.4 Å². The molecule has 7 heteroatoms. The Kier molecular flexibility index (Phi) is 6.97. The molecule has 0 spiro atoms. The highest BCUT2D eigenvalue weighted by molar-refractivity contribution is 7.99. The number of carbonyl (C=O) groups excluding carboxylic acids is 1. The van der Waals surface area contributed by atoms with Crippen molar-refractivity contribution >= 4 is 17.7 Å². The average molecular weight is 377 g/mol. The Morgan fingerprint density at radius 1 is 1.27 bits per heavy atom. The molecule has 0 unspecified atom stereocenters. The molecule has 0 saturated carbocycles. The van der Waals surface area contributed by atoms with Gasteiger partial charge in [-0.2, -0.15) is 0 Å². The number of carbonyl (C=O) groups is 1. The van der Waals surface area contributed by atoms with Gasteiger partial charge in [0.05, 0.1) is 5.75 Å². The predicted octanol–water partition coefficient (Wildman–Crippen LogP) is 2.78. The minimum atomic E-state index is -0.336. The van der Waals surface area contributed by atoms with Gasteiger partial charge < -0.3 is 4.90 Å². The van der Waals surface area contributed by atoms with Crippen molar-refractivity contribution < 1.29 is 9.18 Å². The molecule has 1 amide bonds. The molecule has 1 aromatic heterocycles. The first-order valence-electron chi connectivity index (χ1n) is 8.59. The molecule has 0 aliphatic rings. The number of halogens is 1. The third kappa shape index (κ3) is 4.52. The topological polar surface area (TPSA) is 55.2 Å². The maximum atomic E-state index is 13.9. The second kappa shape index (κ2) is 8.98. The van der Waals surface area contributed by atoms with Gasteiger partial charge in [0.15, 0.2) is 5.16 Å². The lowest BCUT2D eigenvalue weighted by atomic mass is 10.0. The van der Waals surface area contributed by atoms with E-state index in [1.54, 1.807) is 37.1 Å². The molecule has 0 radical (unpaired) electrons. The SMILES string of the molecule is CCN(CC)C(=O)CSc1nc(C)c(Cc2ccccc2F)c(=O)n1C. The average Bonchev–Trinajstić information content (AvgIpc) is 2.63. The van der Waals surface area contributed by atoms with E-state index in [2.05, 4.69) is 4.98 Å². The molecule has 0 bridgehead atoms. The Hall–Kier alpha value is -2.15. The largest absolute Gasteiger partial charge is 0.343 e. The summed E-state index contributed by atoms with van der Waals surface area (Å²) in [6, 6.07) is 6.41. The van der Waals surface area contributed by atoms with Gasteiger partial charge >= 0.3 is 0 Å². The summed E-state index contributed by atoms with van der Waals surface area (Å²) in [5, 5.41) is 0.491. The number of nitrogens with zero attached hydrogens (tertiary/aromatic N) is 3. The number of rotatable bonds is 7. The number of aromatic nitrogens is 2. The first kappa shape index (κ1) is 20.2. The summed E-state index contributed by atoms with van der Waals surface area (Å²) in [7, 11) is 1.63. The van der Waals surface area contributed by atoms with Crippen molar-refractivity contribution in [2.24, 2.45) is 7.05 Å². The first-order valence-corrected chi connectivity index (χ1v) is 9.58. The molecular formula is C19H24FN3O2S. The number of aryl methyl sites for hydroxylation is 1. The Balaban J connectivity index is 2.24. The van der Waals surface area contributed by atoms with E-state index in [0.29, 0.717) is 35.1 Å². The lowest BCUT2D eigenvalue weighted by Crippen LogP contribution is -2.32. The number of thioether (sulfide) groups is 1. The van der Waals surface area contributed by atoms with E-state index in [9.17, 15) is 14.0 Å². The Labute approximate surface area is 157 Å². The molecule has 2 rings (SSSR count). The van der Waals surface area contributed by atoms with Gasteiger partial charge in [0.25, 0.3) is 5.56 Å². The van der Waals surface area contributed by atoms with Crippen molar-refractivity contribution in [2.75, 3.05) is 18.8 Å². The maximum absolute atomic E-state index is 13.9. The summed E-state index contributed by atoms with van der Waals surface area (Å²) < 4.78 is 15.3. The highest BCUT2D eigenvalue weighted by Crippen LogP contribution is 2.18. The Morgan fingerprint density at radius 2 is 1.92 bits per heavy atom. The van der Waals surface area contributed by atoms with Gasteiger partial charge in [-0.1, -0.05) is 30.0 Å². The highest BCUT2D eigenvalue weighted by atomic mass is 32.2. The van der Waals surface area contributed by atoms with Crippen LogP contribution in [-0.4, -0.2) is 39.2 Å². The van der Waals surface area contributed by atoms with E-state index >= 15 is 0 Å². The fourth-order valence-corrected chi connectivity index (χ4v) is 3.60. The van der Waals surface area contributed by atoms with Crippen LogP contribution in [0.4, 0.5) is 4.39 Å². The predicted molar refractivity (Wildman–Crippen MR) is 102 cm³/mol. The van der Waals surface area contributed by atoms with Crippen LogP contribution in [0.2, 0.25) is 0 Å². The third-order valence-electron chi connectivity index (χ3n) is 4.32. The number of hydrogen-bond donors (Lipinski definition) is 0. The molecule has 1 aromatic carbocycles. The first-order chi connectivity index (χ1) is 12.4. The normalized spacial score (nSPS) is 10.8. The molecule has 0 N–H and O–H groups in total. The van der Waals surface area contributed by atoms with Gasteiger partial charge in [-0.3, -0.25) is 14.2 Å². The van der Waals surface area contributed by atoms with Crippen LogP contribution in [0.1, 0.15) is 30.7 Å². The molecule has 26 heavy (non-hydrogen) atoms. The van der Waals surface area contributed by atoms with Crippen molar-refractivity contribution in [3.05, 3.63) is 57.3 Å². The van der Waals surface area contributed by atoms with Crippen LogP contribution in [0.3, 0.4) is 0 Å².